The lowest BCUT2D eigenvalue weighted by Crippen LogP contribution is -2.44. The zero-order valence-electron chi connectivity index (χ0n) is 23.7. The summed E-state index contributed by atoms with van der Waals surface area (Å²) in [6.45, 7) is 13.3. The third-order valence-electron chi connectivity index (χ3n) is 5.53. The van der Waals surface area contributed by atoms with Gasteiger partial charge in [-0.1, -0.05) is 40.7 Å². The number of nitrogens with zero attached hydrogens (tertiary/aromatic N) is 5. The van der Waals surface area contributed by atoms with Crippen LogP contribution in [0.1, 0.15) is 58.5 Å². The van der Waals surface area contributed by atoms with Crippen molar-refractivity contribution in [1.29, 1.82) is 0 Å². The third-order valence-corrected chi connectivity index (χ3v) is 5.53. The minimum Gasteiger partial charge on any atom is -0.377 e. The van der Waals surface area contributed by atoms with Gasteiger partial charge in [-0.3, -0.25) is 0 Å². The maximum atomic E-state index is 14.3. The van der Waals surface area contributed by atoms with Crippen LogP contribution in [0.3, 0.4) is 0 Å². The van der Waals surface area contributed by atoms with Gasteiger partial charge in [0, 0.05) is 12.2 Å². The van der Waals surface area contributed by atoms with Gasteiger partial charge in [0.05, 0.1) is 54.3 Å². The van der Waals surface area contributed by atoms with Crippen LogP contribution in [0.2, 0.25) is 0 Å². The Morgan fingerprint density at radius 3 is 2.55 bits per heavy atom. The maximum Gasteiger partial charge on any atom is 0.416 e. The molecule has 0 spiro atoms. The van der Waals surface area contributed by atoms with Gasteiger partial charge >= 0.3 is 6.18 Å². The molecule has 0 aliphatic carbocycles. The fraction of sp³-hybridized carbons (Fsp3) is 0.429. The van der Waals surface area contributed by atoms with Gasteiger partial charge < -0.3 is 15.0 Å². The van der Waals surface area contributed by atoms with Gasteiger partial charge in [-0.2, -0.15) is 23.3 Å². The SMILES string of the molecule is CC.CC.CCc1nc(/C=N/Nc2ncc(F)c(N3CCOCC3C)n2)ccc1Nc1cccc(C(F)(F)F)c1. The number of aryl methyl sites for hydroxylation is 1. The van der Waals surface area contributed by atoms with Crippen molar-refractivity contribution in [2.24, 2.45) is 5.10 Å². The number of ether oxygens (including phenoxy) is 1. The molecule has 218 valence electrons. The number of hydrazone groups is 1. The summed E-state index contributed by atoms with van der Waals surface area (Å²) in [5.74, 6) is -0.230. The molecule has 0 saturated carbocycles. The van der Waals surface area contributed by atoms with Crippen molar-refractivity contribution in [2.45, 2.75) is 60.2 Å². The molecule has 40 heavy (non-hydrogen) atoms. The molecule has 1 aromatic carbocycles. The molecule has 3 heterocycles. The molecular weight excluding hydrogens is 526 g/mol. The molecule has 1 aliphatic heterocycles. The molecule has 2 N–H and O–H groups in total. The summed E-state index contributed by atoms with van der Waals surface area (Å²) in [7, 11) is 0. The molecule has 1 saturated heterocycles. The summed E-state index contributed by atoms with van der Waals surface area (Å²) in [4.78, 5) is 14.5. The summed E-state index contributed by atoms with van der Waals surface area (Å²) < 4.78 is 58.7. The minimum atomic E-state index is -4.42. The molecule has 0 bridgehead atoms. The molecular formula is C28H37F4N7O. The first-order valence-corrected chi connectivity index (χ1v) is 13.3. The average Bonchev–Trinajstić information content (AvgIpc) is 2.97. The Labute approximate surface area is 232 Å². The van der Waals surface area contributed by atoms with Crippen molar-refractivity contribution in [1.82, 2.24) is 15.0 Å². The van der Waals surface area contributed by atoms with Crippen molar-refractivity contribution >= 4 is 29.4 Å². The zero-order chi connectivity index (χ0) is 29.7. The van der Waals surface area contributed by atoms with Crippen molar-refractivity contribution in [3.8, 4) is 0 Å². The standard InChI is InChI=1S/C24H25F4N7O.2C2H6/c1-3-20-21(31-17-6-4-5-16(11-17)24(26,27)28)8-7-18(32-20)12-30-34-23-29-13-19(25)22(33-23)35-9-10-36-14-15(35)2;2*1-2/h4-8,11-13,15,31H,3,9-10,14H2,1-2H3,(H,29,33,34);2*1-2H3/b30-12+;;. The first-order valence-electron chi connectivity index (χ1n) is 13.3. The molecule has 12 heteroatoms. The van der Waals surface area contributed by atoms with E-state index in [1.807, 2.05) is 46.4 Å². The van der Waals surface area contributed by atoms with E-state index in [0.717, 1.165) is 18.3 Å². The smallest absolute Gasteiger partial charge is 0.377 e. The fourth-order valence-electron chi connectivity index (χ4n) is 3.71. The van der Waals surface area contributed by atoms with Gasteiger partial charge in [0.15, 0.2) is 11.6 Å². The highest BCUT2D eigenvalue weighted by Gasteiger charge is 2.30. The van der Waals surface area contributed by atoms with E-state index in [9.17, 15) is 17.6 Å². The monoisotopic (exact) mass is 563 g/mol. The number of benzene rings is 1. The molecule has 1 fully saturated rings. The Kier molecular flexibility index (Phi) is 12.7. The van der Waals surface area contributed by atoms with E-state index in [2.05, 4.69) is 30.8 Å². The van der Waals surface area contributed by atoms with Crippen molar-refractivity contribution in [2.75, 3.05) is 35.4 Å². The van der Waals surface area contributed by atoms with Gasteiger partial charge in [-0.05, 0) is 43.7 Å². The summed E-state index contributed by atoms with van der Waals surface area (Å²) in [5.41, 5.74) is 4.02. The lowest BCUT2D eigenvalue weighted by molar-refractivity contribution is -0.137. The molecule has 1 atom stereocenters. The summed E-state index contributed by atoms with van der Waals surface area (Å²) >= 11 is 0. The number of morpholine rings is 1. The Balaban J connectivity index is 0.00000134. The fourth-order valence-corrected chi connectivity index (χ4v) is 3.71. The highest BCUT2D eigenvalue weighted by atomic mass is 19.4. The van der Waals surface area contributed by atoms with Crippen molar-refractivity contribution in [3.63, 3.8) is 0 Å². The van der Waals surface area contributed by atoms with E-state index < -0.39 is 17.6 Å². The third kappa shape index (κ3) is 8.87. The van der Waals surface area contributed by atoms with Crippen LogP contribution in [0, 0.1) is 5.82 Å². The topological polar surface area (TPSA) is 87.6 Å². The van der Waals surface area contributed by atoms with E-state index in [0.29, 0.717) is 48.9 Å². The summed E-state index contributed by atoms with van der Waals surface area (Å²) in [6, 6.07) is 8.34. The molecule has 8 nitrogen and oxygen atoms in total. The van der Waals surface area contributed by atoms with Gasteiger partial charge in [-0.25, -0.2) is 19.8 Å². The molecule has 1 unspecified atom stereocenters. The normalized spacial score (nSPS) is 15.1. The molecule has 0 amide bonds. The second-order valence-electron chi connectivity index (χ2n) is 8.14. The summed E-state index contributed by atoms with van der Waals surface area (Å²) in [6.07, 6.45) is -1.34. The number of halogens is 4. The Morgan fingerprint density at radius 1 is 1.12 bits per heavy atom. The van der Waals surface area contributed by atoms with E-state index in [1.165, 1.54) is 12.3 Å². The summed E-state index contributed by atoms with van der Waals surface area (Å²) in [5, 5.41) is 7.10. The van der Waals surface area contributed by atoms with Gasteiger partial charge in [-0.15, -0.1) is 0 Å². The van der Waals surface area contributed by atoms with Crippen LogP contribution in [0.4, 0.5) is 40.7 Å². The number of rotatable bonds is 7. The van der Waals surface area contributed by atoms with E-state index >= 15 is 0 Å². The first kappa shape index (κ1) is 32.4. The number of aromatic nitrogens is 3. The number of hydrogen-bond donors (Lipinski definition) is 2. The van der Waals surface area contributed by atoms with Gasteiger partial charge in [0.1, 0.15) is 0 Å². The van der Waals surface area contributed by atoms with Crippen LogP contribution in [-0.2, 0) is 17.3 Å². The van der Waals surface area contributed by atoms with Crippen LogP contribution in [0.15, 0.2) is 47.7 Å². The molecule has 4 rings (SSSR count). The quantitative estimate of drug-likeness (QED) is 0.181. The predicted octanol–water partition coefficient (Wildman–Crippen LogP) is 7.06. The Bertz CT molecular complexity index is 1240. The molecule has 3 aromatic rings. The van der Waals surface area contributed by atoms with E-state index in [1.54, 1.807) is 18.2 Å². The Morgan fingerprint density at radius 2 is 1.88 bits per heavy atom. The number of pyridine rings is 1. The number of anilines is 4. The Hall–Kier alpha value is -3.80. The van der Waals surface area contributed by atoms with E-state index in [-0.39, 0.29) is 17.8 Å². The van der Waals surface area contributed by atoms with Gasteiger partial charge in [0.2, 0.25) is 5.95 Å². The zero-order valence-corrected chi connectivity index (χ0v) is 23.7. The van der Waals surface area contributed by atoms with E-state index in [4.69, 9.17) is 4.74 Å². The predicted molar refractivity (Wildman–Crippen MR) is 152 cm³/mol. The maximum absolute atomic E-state index is 14.3. The minimum absolute atomic E-state index is 0.0285. The lowest BCUT2D eigenvalue weighted by Gasteiger charge is -2.34. The lowest BCUT2D eigenvalue weighted by atomic mass is 10.1. The second-order valence-corrected chi connectivity index (χ2v) is 8.14. The molecule has 1 aliphatic rings. The average molecular weight is 564 g/mol. The molecule has 0 radical (unpaired) electrons. The van der Waals surface area contributed by atoms with Crippen LogP contribution < -0.4 is 15.6 Å². The largest absolute Gasteiger partial charge is 0.416 e. The van der Waals surface area contributed by atoms with Crippen LogP contribution >= 0.6 is 0 Å². The van der Waals surface area contributed by atoms with Crippen LogP contribution in [-0.4, -0.2) is 47.0 Å². The van der Waals surface area contributed by atoms with Crippen LogP contribution in [0.5, 0.6) is 0 Å². The van der Waals surface area contributed by atoms with Crippen molar-refractivity contribution < 1.29 is 22.3 Å². The number of nitrogens with one attached hydrogen (secondary N) is 2. The second kappa shape index (κ2) is 15.7. The van der Waals surface area contributed by atoms with Gasteiger partial charge in [0.25, 0.3) is 0 Å². The van der Waals surface area contributed by atoms with Crippen LogP contribution in [0.25, 0.3) is 0 Å². The highest BCUT2D eigenvalue weighted by Crippen LogP contribution is 2.32. The number of hydrogen-bond acceptors (Lipinski definition) is 8. The number of alkyl halides is 3. The molecule has 2 aromatic heterocycles. The van der Waals surface area contributed by atoms with Crippen molar-refractivity contribution in [3.05, 3.63) is 65.4 Å². The first-order chi connectivity index (χ1) is 19.2. The highest BCUT2D eigenvalue weighted by molar-refractivity contribution is 5.79.